The molecule has 1 saturated carbocycles. The van der Waals surface area contributed by atoms with Crippen LogP contribution in [0.4, 0.5) is 0 Å². The lowest BCUT2D eigenvalue weighted by Gasteiger charge is -2.31. The van der Waals surface area contributed by atoms with Gasteiger partial charge >= 0.3 is 0 Å². The average Bonchev–Trinajstić information content (AvgIpc) is 3.28. The monoisotopic (exact) mass is 436 g/mol. The van der Waals surface area contributed by atoms with Gasteiger partial charge < -0.3 is 15.0 Å². The number of nitrogens with one attached hydrogen (secondary N) is 1. The fraction of sp³-hybridized carbons (Fsp3) is 0.481. The number of hydrogen-bond acceptors (Lipinski definition) is 3. The highest BCUT2D eigenvalue weighted by Gasteiger charge is 2.30. The zero-order valence-corrected chi connectivity index (χ0v) is 19.8. The summed E-state index contributed by atoms with van der Waals surface area (Å²) in [6.07, 6.45) is 4.89. The van der Waals surface area contributed by atoms with Gasteiger partial charge in [0.1, 0.15) is 11.8 Å². The molecule has 1 aliphatic rings. The van der Waals surface area contributed by atoms with Crippen molar-refractivity contribution in [3.8, 4) is 5.75 Å². The van der Waals surface area contributed by atoms with Crippen molar-refractivity contribution in [1.29, 1.82) is 0 Å². The standard InChI is InChI=1S/C27H36N2O3/c1-5-24(27(31)28-23-13-9-10-14-23)29(17-22-11-7-6-8-12-22)26(30)18-32-25-16-19(2)15-20(3)21(25)4/h6-8,11-12,15-16,23-24H,5,9-10,13-14,17-18H2,1-4H3,(H,28,31)/t24-/m0/s1. The minimum atomic E-state index is -0.521. The lowest BCUT2D eigenvalue weighted by Crippen LogP contribution is -2.52. The summed E-state index contributed by atoms with van der Waals surface area (Å²) >= 11 is 0. The molecule has 1 aliphatic carbocycles. The zero-order chi connectivity index (χ0) is 23.1. The van der Waals surface area contributed by atoms with Crippen molar-refractivity contribution in [3.63, 3.8) is 0 Å². The summed E-state index contributed by atoms with van der Waals surface area (Å²) in [4.78, 5) is 28.2. The van der Waals surface area contributed by atoms with Gasteiger partial charge in [-0.3, -0.25) is 9.59 Å². The van der Waals surface area contributed by atoms with Crippen LogP contribution in [0.5, 0.6) is 5.75 Å². The molecule has 2 aromatic carbocycles. The Morgan fingerprint density at radius 3 is 2.44 bits per heavy atom. The Bertz CT molecular complexity index is 920. The van der Waals surface area contributed by atoms with E-state index in [9.17, 15) is 9.59 Å². The van der Waals surface area contributed by atoms with Gasteiger partial charge in [0.05, 0.1) is 0 Å². The smallest absolute Gasteiger partial charge is 0.261 e. The van der Waals surface area contributed by atoms with E-state index in [2.05, 4.69) is 11.4 Å². The fourth-order valence-corrected chi connectivity index (χ4v) is 4.44. The molecule has 0 aliphatic heterocycles. The maximum absolute atomic E-state index is 13.4. The molecule has 0 aromatic heterocycles. The molecule has 1 N–H and O–H groups in total. The van der Waals surface area contributed by atoms with Crippen molar-refractivity contribution in [1.82, 2.24) is 10.2 Å². The number of benzene rings is 2. The lowest BCUT2D eigenvalue weighted by atomic mass is 10.1. The van der Waals surface area contributed by atoms with Crippen LogP contribution in [-0.2, 0) is 16.1 Å². The van der Waals surface area contributed by atoms with Crippen LogP contribution < -0.4 is 10.1 Å². The topological polar surface area (TPSA) is 58.6 Å². The summed E-state index contributed by atoms with van der Waals surface area (Å²) < 4.78 is 5.96. The molecule has 0 unspecified atom stereocenters. The van der Waals surface area contributed by atoms with Gasteiger partial charge in [0.25, 0.3) is 5.91 Å². The third-order valence-electron chi connectivity index (χ3n) is 6.40. The van der Waals surface area contributed by atoms with Crippen LogP contribution in [0, 0.1) is 20.8 Å². The third kappa shape index (κ3) is 6.12. The maximum Gasteiger partial charge on any atom is 0.261 e. The molecule has 0 heterocycles. The first-order chi connectivity index (χ1) is 15.4. The van der Waals surface area contributed by atoms with E-state index >= 15 is 0 Å². The van der Waals surface area contributed by atoms with Gasteiger partial charge in [0.15, 0.2) is 6.61 Å². The Morgan fingerprint density at radius 2 is 1.78 bits per heavy atom. The number of rotatable bonds is 9. The highest BCUT2D eigenvalue weighted by molar-refractivity contribution is 5.88. The van der Waals surface area contributed by atoms with Crippen molar-refractivity contribution in [2.24, 2.45) is 0 Å². The average molecular weight is 437 g/mol. The van der Waals surface area contributed by atoms with Crippen molar-refractivity contribution in [3.05, 3.63) is 64.7 Å². The van der Waals surface area contributed by atoms with Gasteiger partial charge in [-0.15, -0.1) is 0 Å². The van der Waals surface area contributed by atoms with E-state index in [1.54, 1.807) is 4.90 Å². The first-order valence-electron chi connectivity index (χ1n) is 11.7. The predicted molar refractivity (Wildman–Crippen MR) is 128 cm³/mol. The molecule has 2 aromatic rings. The molecule has 0 spiro atoms. The molecule has 5 nitrogen and oxygen atoms in total. The molecule has 0 bridgehead atoms. The molecule has 5 heteroatoms. The second-order valence-corrected chi connectivity index (χ2v) is 8.91. The first-order valence-corrected chi connectivity index (χ1v) is 11.7. The maximum atomic E-state index is 13.4. The van der Waals surface area contributed by atoms with Crippen LogP contribution in [-0.4, -0.2) is 35.4 Å². The molecular weight excluding hydrogens is 400 g/mol. The van der Waals surface area contributed by atoms with Gasteiger partial charge in [-0.05, 0) is 68.4 Å². The molecule has 32 heavy (non-hydrogen) atoms. The van der Waals surface area contributed by atoms with Crippen molar-refractivity contribution in [2.45, 2.75) is 78.4 Å². The Balaban J connectivity index is 1.77. The second kappa shape index (κ2) is 11.2. The lowest BCUT2D eigenvalue weighted by molar-refractivity contribution is -0.143. The Labute approximate surface area is 192 Å². The zero-order valence-electron chi connectivity index (χ0n) is 19.8. The summed E-state index contributed by atoms with van der Waals surface area (Å²) in [6.45, 7) is 8.30. The van der Waals surface area contributed by atoms with Crippen molar-refractivity contribution >= 4 is 11.8 Å². The number of ether oxygens (including phenoxy) is 1. The van der Waals surface area contributed by atoms with Crippen molar-refractivity contribution < 1.29 is 14.3 Å². The van der Waals surface area contributed by atoms with Crippen LogP contribution in [0.15, 0.2) is 42.5 Å². The van der Waals surface area contributed by atoms with Crippen LogP contribution >= 0.6 is 0 Å². The molecule has 1 fully saturated rings. The number of carbonyl (C=O) groups is 2. The normalized spacial score (nSPS) is 14.8. The number of nitrogens with zero attached hydrogens (tertiary/aromatic N) is 1. The predicted octanol–water partition coefficient (Wildman–Crippen LogP) is 4.86. The number of carbonyl (C=O) groups excluding carboxylic acids is 2. The van der Waals surface area contributed by atoms with E-state index in [0.717, 1.165) is 53.7 Å². The van der Waals surface area contributed by atoms with E-state index in [4.69, 9.17) is 4.74 Å². The first kappa shape index (κ1) is 23.8. The van der Waals surface area contributed by atoms with Gasteiger partial charge in [-0.2, -0.15) is 0 Å². The Kier molecular flexibility index (Phi) is 8.32. The summed E-state index contributed by atoms with van der Waals surface area (Å²) in [5, 5.41) is 3.18. The van der Waals surface area contributed by atoms with Gasteiger partial charge in [-0.25, -0.2) is 0 Å². The molecule has 172 valence electrons. The SMILES string of the molecule is CC[C@@H](C(=O)NC1CCCC1)N(Cc1ccccc1)C(=O)COc1cc(C)cc(C)c1C. The second-order valence-electron chi connectivity index (χ2n) is 8.91. The highest BCUT2D eigenvalue weighted by Crippen LogP contribution is 2.24. The minimum Gasteiger partial charge on any atom is -0.483 e. The minimum absolute atomic E-state index is 0.0636. The Hall–Kier alpha value is -2.82. The highest BCUT2D eigenvalue weighted by atomic mass is 16.5. The largest absolute Gasteiger partial charge is 0.483 e. The van der Waals surface area contributed by atoms with Crippen LogP contribution in [0.1, 0.15) is 61.3 Å². The summed E-state index contributed by atoms with van der Waals surface area (Å²) in [5.74, 6) is 0.478. The molecule has 2 amide bonds. The molecule has 0 radical (unpaired) electrons. The van der Waals surface area contributed by atoms with Crippen LogP contribution in [0.3, 0.4) is 0 Å². The van der Waals surface area contributed by atoms with E-state index in [0.29, 0.717) is 13.0 Å². The molecular formula is C27H36N2O3. The quantitative estimate of drug-likeness (QED) is 0.611. The van der Waals surface area contributed by atoms with Crippen LogP contribution in [0.25, 0.3) is 0 Å². The Morgan fingerprint density at radius 1 is 1.09 bits per heavy atom. The summed E-state index contributed by atoms with van der Waals surface area (Å²) in [6, 6.07) is 13.6. The van der Waals surface area contributed by atoms with Crippen molar-refractivity contribution in [2.75, 3.05) is 6.61 Å². The summed E-state index contributed by atoms with van der Waals surface area (Å²) in [7, 11) is 0. The third-order valence-corrected chi connectivity index (χ3v) is 6.40. The van der Waals surface area contributed by atoms with E-state index in [1.165, 1.54) is 0 Å². The number of hydrogen-bond donors (Lipinski definition) is 1. The van der Waals surface area contributed by atoms with Crippen LogP contribution in [0.2, 0.25) is 0 Å². The number of amides is 2. The van der Waals surface area contributed by atoms with E-state index < -0.39 is 6.04 Å². The molecule has 3 rings (SSSR count). The fourth-order valence-electron chi connectivity index (χ4n) is 4.44. The number of aryl methyl sites for hydroxylation is 2. The molecule has 0 saturated heterocycles. The summed E-state index contributed by atoms with van der Waals surface area (Å²) in [5.41, 5.74) is 4.26. The van der Waals surface area contributed by atoms with E-state index in [1.807, 2.05) is 64.1 Å². The van der Waals surface area contributed by atoms with Gasteiger partial charge in [0.2, 0.25) is 5.91 Å². The van der Waals surface area contributed by atoms with E-state index in [-0.39, 0.29) is 24.5 Å². The molecule has 1 atom stereocenters. The van der Waals surface area contributed by atoms with Gasteiger partial charge in [-0.1, -0.05) is 56.2 Å². The van der Waals surface area contributed by atoms with Gasteiger partial charge in [0, 0.05) is 12.6 Å².